The van der Waals surface area contributed by atoms with E-state index in [9.17, 15) is 4.79 Å². The number of piperidine rings is 1. The zero-order chi connectivity index (χ0) is 11.7. The summed E-state index contributed by atoms with van der Waals surface area (Å²) in [5.41, 5.74) is 1.62. The van der Waals surface area contributed by atoms with Crippen molar-refractivity contribution in [2.24, 2.45) is 0 Å². The van der Waals surface area contributed by atoms with Crippen LogP contribution in [0.2, 0.25) is 0 Å². The number of rotatable bonds is 1. The number of imidazole rings is 1. The zero-order valence-electron chi connectivity index (χ0n) is 9.67. The minimum absolute atomic E-state index is 0.139. The SMILES string of the molecule is O=C(c1ccc2nccn2c1)N1CCCCC1. The highest BCUT2D eigenvalue weighted by molar-refractivity contribution is 5.94. The number of likely N-dealkylation sites (tertiary alicyclic amines) is 1. The molecule has 3 heterocycles. The summed E-state index contributed by atoms with van der Waals surface area (Å²) >= 11 is 0. The molecule has 1 amide bonds. The fourth-order valence-electron chi connectivity index (χ4n) is 2.33. The van der Waals surface area contributed by atoms with Crippen molar-refractivity contribution in [3.8, 4) is 0 Å². The molecule has 0 N–H and O–H groups in total. The average Bonchev–Trinajstić information content (AvgIpc) is 2.86. The zero-order valence-corrected chi connectivity index (χ0v) is 9.67. The second-order valence-corrected chi connectivity index (χ2v) is 4.46. The standard InChI is InChI=1S/C13H15N3O/c17-13(15-7-2-1-3-8-15)11-4-5-12-14-6-9-16(12)10-11/h4-6,9-10H,1-3,7-8H2. The molecule has 0 radical (unpaired) electrons. The topological polar surface area (TPSA) is 37.6 Å². The van der Waals surface area contributed by atoms with Crippen LogP contribution in [0.15, 0.2) is 30.7 Å². The Morgan fingerprint density at radius 1 is 1.18 bits per heavy atom. The predicted octanol–water partition coefficient (Wildman–Crippen LogP) is 1.96. The average molecular weight is 229 g/mol. The van der Waals surface area contributed by atoms with Crippen LogP contribution in [-0.2, 0) is 0 Å². The lowest BCUT2D eigenvalue weighted by Gasteiger charge is -2.26. The van der Waals surface area contributed by atoms with Gasteiger partial charge in [0.05, 0.1) is 5.56 Å². The Hall–Kier alpha value is -1.84. The smallest absolute Gasteiger partial charge is 0.255 e. The molecule has 0 saturated carbocycles. The molecule has 4 heteroatoms. The van der Waals surface area contributed by atoms with E-state index in [0.29, 0.717) is 0 Å². The van der Waals surface area contributed by atoms with E-state index >= 15 is 0 Å². The predicted molar refractivity (Wildman–Crippen MR) is 64.9 cm³/mol. The molecule has 1 aliphatic heterocycles. The van der Waals surface area contributed by atoms with Gasteiger partial charge in [0.15, 0.2) is 0 Å². The summed E-state index contributed by atoms with van der Waals surface area (Å²) in [5.74, 6) is 0.139. The molecule has 2 aromatic rings. The van der Waals surface area contributed by atoms with Crippen molar-refractivity contribution >= 4 is 11.6 Å². The second-order valence-electron chi connectivity index (χ2n) is 4.46. The highest BCUT2D eigenvalue weighted by Gasteiger charge is 2.18. The van der Waals surface area contributed by atoms with Gasteiger partial charge in [-0.25, -0.2) is 4.98 Å². The maximum absolute atomic E-state index is 12.3. The maximum atomic E-state index is 12.3. The molecule has 0 bridgehead atoms. The van der Waals surface area contributed by atoms with E-state index in [2.05, 4.69) is 4.98 Å². The van der Waals surface area contributed by atoms with Crippen molar-refractivity contribution < 1.29 is 4.79 Å². The van der Waals surface area contributed by atoms with Crippen molar-refractivity contribution in [2.45, 2.75) is 19.3 Å². The Morgan fingerprint density at radius 3 is 2.82 bits per heavy atom. The normalized spacial score (nSPS) is 16.4. The summed E-state index contributed by atoms with van der Waals surface area (Å²) in [6, 6.07) is 3.75. The lowest BCUT2D eigenvalue weighted by atomic mass is 10.1. The second kappa shape index (κ2) is 4.20. The summed E-state index contributed by atoms with van der Waals surface area (Å²) < 4.78 is 1.89. The van der Waals surface area contributed by atoms with Crippen LogP contribution >= 0.6 is 0 Å². The first-order valence-corrected chi connectivity index (χ1v) is 6.06. The third-order valence-electron chi connectivity index (χ3n) is 3.28. The first-order valence-electron chi connectivity index (χ1n) is 6.06. The molecule has 4 nitrogen and oxygen atoms in total. The van der Waals surface area contributed by atoms with Gasteiger partial charge >= 0.3 is 0 Å². The van der Waals surface area contributed by atoms with Crippen molar-refractivity contribution in [3.05, 3.63) is 36.3 Å². The number of carbonyl (C=O) groups excluding carboxylic acids is 1. The minimum atomic E-state index is 0.139. The van der Waals surface area contributed by atoms with E-state index in [1.165, 1.54) is 6.42 Å². The summed E-state index contributed by atoms with van der Waals surface area (Å²) in [6.45, 7) is 1.78. The van der Waals surface area contributed by atoms with Crippen molar-refractivity contribution in [1.29, 1.82) is 0 Å². The van der Waals surface area contributed by atoms with E-state index in [0.717, 1.165) is 37.1 Å². The molecule has 3 rings (SSSR count). The number of pyridine rings is 1. The highest BCUT2D eigenvalue weighted by atomic mass is 16.2. The Balaban J connectivity index is 1.88. The monoisotopic (exact) mass is 229 g/mol. The summed E-state index contributed by atoms with van der Waals surface area (Å²) in [6.07, 6.45) is 8.95. The lowest BCUT2D eigenvalue weighted by molar-refractivity contribution is 0.0724. The van der Waals surface area contributed by atoms with Gasteiger partial charge in [0.1, 0.15) is 5.65 Å². The molecule has 0 spiro atoms. The van der Waals surface area contributed by atoms with Crippen molar-refractivity contribution in [3.63, 3.8) is 0 Å². The Labute approximate surface area is 99.9 Å². The van der Waals surface area contributed by atoms with Gasteiger partial charge in [-0.05, 0) is 31.4 Å². The fraction of sp³-hybridized carbons (Fsp3) is 0.385. The molecule has 0 aromatic carbocycles. The molecular weight excluding hydrogens is 214 g/mol. The lowest BCUT2D eigenvalue weighted by Crippen LogP contribution is -2.35. The molecule has 2 aromatic heterocycles. The molecule has 17 heavy (non-hydrogen) atoms. The van der Waals surface area contributed by atoms with Crippen LogP contribution < -0.4 is 0 Å². The Morgan fingerprint density at radius 2 is 2.00 bits per heavy atom. The van der Waals surface area contributed by atoms with Gasteiger partial charge < -0.3 is 9.30 Å². The number of carbonyl (C=O) groups is 1. The summed E-state index contributed by atoms with van der Waals surface area (Å²) in [5, 5.41) is 0. The largest absolute Gasteiger partial charge is 0.339 e. The number of fused-ring (bicyclic) bond motifs is 1. The van der Waals surface area contributed by atoms with E-state index in [-0.39, 0.29) is 5.91 Å². The number of hydrogen-bond acceptors (Lipinski definition) is 2. The molecule has 0 aliphatic carbocycles. The van der Waals surface area contributed by atoms with Crippen LogP contribution in [0.3, 0.4) is 0 Å². The van der Waals surface area contributed by atoms with Crippen LogP contribution in [0.5, 0.6) is 0 Å². The summed E-state index contributed by atoms with van der Waals surface area (Å²) in [4.78, 5) is 18.4. The highest BCUT2D eigenvalue weighted by Crippen LogP contribution is 2.13. The molecule has 1 fully saturated rings. The first kappa shape index (κ1) is 10.3. The Kier molecular flexibility index (Phi) is 2.55. The number of nitrogens with zero attached hydrogens (tertiary/aromatic N) is 3. The number of hydrogen-bond donors (Lipinski definition) is 0. The van der Waals surface area contributed by atoms with Gasteiger partial charge in [0.2, 0.25) is 0 Å². The molecule has 1 aliphatic rings. The Bertz CT molecular complexity index is 540. The van der Waals surface area contributed by atoms with Gasteiger partial charge in [-0.3, -0.25) is 4.79 Å². The molecule has 0 unspecified atom stereocenters. The van der Waals surface area contributed by atoms with Crippen molar-refractivity contribution in [1.82, 2.24) is 14.3 Å². The number of aromatic nitrogens is 2. The minimum Gasteiger partial charge on any atom is -0.339 e. The van der Waals surface area contributed by atoms with Crippen LogP contribution in [-0.4, -0.2) is 33.3 Å². The number of amides is 1. The third kappa shape index (κ3) is 1.90. The van der Waals surface area contributed by atoms with Crippen LogP contribution in [0.1, 0.15) is 29.6 Å². The third-order valence-corrected chi connectivity index (χ3v) is 3.28. The van der Waals surface area contributed by atoms with E-state index in [4.69, 9.17) is 0 Å². The van der Waals surface area contributed by atoms with Gasteiger partial charge in [-0.1, -0.05) is 0 Å². The molecule has 88 valence electrons. The van der Waals surface area contributed by atoms with Crippen LogP contribution in [0.25, 0.3) is 5.65 Å². The van der Waals surface area contributed by atoms with Crippen LogP contribution in [0, 0.1) is 0 Å². The summed E-state index contributed by atoms with van der Waals surface area (Å²) in [7, 11) is 0. The van der Waals surface area contributed by atoms with Gasteiger partial charge in [-0.2, -0.15) is 0 Å². The van der Waals surface area contributed by atoms with Crippen LogP contribution in [0.4, 0.5) is 0 Å². The van der Waals surface area contributed by atoms with Gasteiger partial charge in [0.25, 0.3) is 5.91 Å². The van der Waals surface area contributed by atoms with Gasteiger partial charge in [0, 0.05) is 31.7 Å². The van der Waals surface area contributed by atoms with E-state index in [1.54, 1.807) is 6.20 Å². The molecule has 0 atom stereocenters. The maximum Gasteiger partial charge on any atom is 0.255 e. The fourth-order valence-corrected chi connectivity index (χ4v) is 2.33. The van der Waals surface area contributed by atoms with Crippen molar-refractivity contribution in [2.75, 3.05) is 13.1 Å². The quantitative estimate of drug-likeness (QED) is 0.749. The molecular formula is C13H15N3O. The first-order chi connectivity index (χ1) is 8.34. The van der Waals surface area contributed by atoms with E-state index in [1.807, 2.05) is 33.8 Å². The van der Waals surface area contributed by atoms with E-state index < -0.39 is 0 Å². The molecule has 1 saturated heterocycles. The van der Waals surface area contributed by atoms with Gasteiger partial charge in [-0.15, -0.1) is 0 Å².